The lowest BCUT2D eigenvalue weighted by atomic mass is 10.1. The molecule has 3 N–H and O–H groups in total. The van der Waals surface area contributed by atoms with Crippen molar-refractivity contribution in [2.24, 2.45) is 11.7 Å². The molecule has 0 saturated heterocycles. The van der Waals surface area contributed by atoms with Crippen molar-refractivity contribution in [1.82, 2.24) is 5.32 Å². The molecule has 0 saturated carbocycles. The average molecular weight is 252 g/mol. The summed E-state index contributed by atoms with van der Waals surface area (Å²) in [6, 6.07) is 8.82. The molecule has 1 aromatic rings. The first kappa shape index (κ1) is 14.6. The largest absolute Gasteiger partial charge is 0.330 e. The number of benzene rings is 1. The molecule has 1 rings (SSSR count). The number of nitrogens with one attached hydrogen (secondary N) is 1. The fourth-order valence-corrected chi connectivity index (χ4v) is 2.02. The summed E-state index contributed by atoms with van der Waals surface area (Å²) in [6.07, 6.45) is 4.38. The fourth-order valence-electron chi connectivity index (χ4n) is 1.62. The lowest BCUT2D eigenvalue weighted by molar-refractivity contribution is 0.511. The Balaban J connectivity index is 2.13. The molecule has 0 spiro atoms. The van der Waals surface area contributed by atoms with Crippen LogP contribution >= 0.6 is 11.8 Å². The van der Waals surface area contributed by atoms with E-state index in [1.165, 1.54) is 16.9 Å². The van der Waals surface area contributed by atoms with Gasteiger partial charge in [-0.25, -0.2) is 0 Å². The summed E-state index contributed by atoms with van der Waals surface area (Å²) in [5.74, 6) is 0.628. The highest BCUT2D eigenvalue weighted by atomic mass is 32.2. The summed E-state index contributed by atoms with van der Waals surface area (Å²) in [5, 5.41) is 3.47. The van der Waals surface area contributed by atoms with Crippen LogP contribution in [0.3, 0.4) is 0 Å². The maximum atomic E-state index is 5.58. The minimum atomic E-state index is 0.628. The van der Waals surface area contributed by atoms with Gasteiger partial charge < -0.3 is 11.1 Å². The predicted molar refractivity (Wildman–Crippen MR) is 77.6 cm³/mol. The molecule has 96 valence electrons. The van der Waals surface area contributed by atoms with Crippen LogP contribution in [0.4, 0.5) is 0 Å². The summed E-state index contributed by atoms with van der Waals surface area (Å²) in [5.41, 5.74) is 6.98. The average Bonchev–Trinajstić information content (AvgIpc) is 2.38. The molecule has 0 aliphatic carbocycles. The van der Waals surface area contributed by atoms with Crippen LogP contribution in [0.15, 0.2) is 29.2 Å². The Labute approximate surface area is 109 Å². The fraction of sp³-hybridized carbons (Fsp3) is 0.571. The van der Waals surface area contributed by atoms with E-state index in [1.54, 1.807) is 11.8 Å². The Kier molecular flexibility index (Phi) is 7.33. The number of hydrogen-bond donors (Lipinski definition) is 2. The van der Waals surface area contributed by atoms with Crippen molar-refractivity contribution in [2.75, 3.05) is 25.9 Å². The van der Waals surface area contributed by atoms with Crippen molar-refractivity contribution in [1.29, 1.82) is 0 Å². The van der Waals surface area contributed by atoms with E-state index in [2.05, 4.69) is 42.8 Å². The van der Waals surface area contributed by atoms with E-state index in [0.717, 1.165) is 26.1 Å². The van der Waals surface area contributed by atoms with Gasteiger partial charge in [-0.2, -0.15) is 0 Å². The van der Waals surface area contributed by atoms with Crippen LogP contribution < -0.4 is 11.1 Å². The lowest BCUT2D eigenvalue weighted by Crippen LogP contribution is -2.22. The van der Waals surface area contributed by atoms with E-state index in [1.807, 2.05) is 0 Å². The molecule has 1 aromatic carbocycles. The van der Waals surface area contributed by atoms with E-state index in [9.17, 15) is 0 Å². The minimum Gasteiger partial charge on any atom is -0.330 e. The first-order valence-corrected chi connectivity index (χ1v) is 7.52. The van der Waals surface area contributed by atoms with E-state index >= 15 is 0 Å². The Morgan fingerprint density at radius 2 is 1.94 bits per heavy atom. The van der Waals surface area contributed by atoms with Gasteiger partial charge in [-0.05, 0) is 62.3 Å². The SMILES string of the molecule is CSc1ccc(CCNCCC(C)CN)cc1. The highest BCUT2D eigenvalue weighted by molar-refractivity contribution is 7.98. The van der Waals surface area contributed by atoms with Crippen molar-refractivity contribution in [3.8, 4) is 0 Å². The molecular formula is C14H24N2S. The number of thioether (sulfide) groups is 1. The predicted octanol–water partition coefficient (Wildman–Crippen LogP) is 2.53. The summed E-state index contributed by atoms with van der Waals surface area (Å²) >= 11 is 1.79. The molecule has 3 heteroatoms. The van der Waals surface area contributed by atoms with Crippen LogP contribution in [0.2, 0.25) is 0 Å². The second-order valence-corrected chi connectivity index (χ2v) is 5.36. The van der Waals surface area contributed by atoms with Crippen molar-refractivity contribution < 1.29 is 0 Å². The molecule has 0 amide bonds. The third-order valence-corrected chi connectivity index (χ3v) is 3.71. The van der Waals surface area contributed by atoms with Crippen LogP contribution in [0.25, 0.3) is 0 Å². The van der Waals surface area contributed by atoms with Crippen molar-refractivity contribution in [3.63, 3.8) is 0 Å². The molecule has 0 aliphatic rings. The monoisotopic (exact) mass is 252 g/mol. The van der Waals surface area contributed by atoms with Crippen LogP contribution in [0, 0.1) is 5.92 Å². The number of nitrogens with two attached hydrogens (primary N) is 1. The summed E-state index contributed by atoms with van der Waals surface area (Å²) in [4.78, 5) is 1.33. The molecule has 0 fully saturated rings. The van der Waals surface area contributed by atoms with Crippen LogP contribution in [0.5, 0.6) is 0 Å². The normalized spacial score (nSPS) is 12.6. The molecule has 0 heterocycles. The molecule has 17 heavy (non-hydrogen) atoms. The Morgan fingerprint density at radius 1 is 1.24 bits per heavy atom. The molecule has 1 unspecified atom stereocenters. The maximum absolute atomic E-state index is 5.58. The highest BCUT2D eigenvalue weighted by Crippen LogP contribution is 2.14. The van der Waals surface area contributed by atoms with Gasteiger partial charge in [0.25, 0.3) is 0 Å². The van der Waals surface area contributed by atoms with Gasteiger partial charge in [-0.15, -0.1) is 11.8 Å². The third kappa shape index (κ3) is 6.10. The molecular weight excluding hydrogens is 228 g/mol. The quantitative estimate of drug-likeness (QED) is 0.551. The van der Waals surface area contributed by atoms with Gasteiger partial charge >= 0.3 is 0 Å². The second-order valence-electron chi connectivity index (χ2n) is 4.48. The summed E-state index contributed by atoms with van der Waals surface area (Å²) < 4.78 is 0. The van der Waals surface area contributed by atoms with Crippen molar-refractivity contribution in [3.05, 3.63) is 29.8 Å². The van der Waals surface area contributed by atoms with E-state index in [0.29, 0.717) is 5.92 Å². The van der Waals surface area contributed by atoms with E-state index in [-0.39, 0.29) is 0 Å². The standard InChI is InChI=1S/C14H24N2S/c1-12(11-15)7-9-16-10-8-13-3-5-14(17-2)6-4-13/h3-6,12,16H,7-11,15H2,1-2H3. The Bertz CT molecular complexity index is 298. The van der Waals surface area contributed by atoms with Crippen LogP contribution in [-0.4, -0.2) is 25.9 Å². The maximum Gasteiger partial charge on any atom is 0.00693 e. The van der Waals surface area contributed by atoms with Gasteiger partial charge in [0.1, 0.15) is 0 Å². The van der Waals surface area contributed by atoms with Gasteiger partial charge in [0.05, 0.1) is 0 Å². The third-order valence-electron chi connectivity index (χ3n) is 2.97. The summed E-state index contributed by atoms with van der Waals surface area (Å²) in [7, 11) is 0. The van der Waals surface area contributed by atoms with Gasteiger partial charge in [-0.1, -0.05) is 19.1 Å². The molecule has 0 aliphatic heterocycles. The Hall–Kier alpha value is -0.510. The lowest BCUT2D eigenvalue weighted by Gasteiger charge is -2.09. The van der Waals surface area contributed by atoms with Gasteiger partial charge in [-0.3, -0.25) is 0 Å². The Morgan fingerprint density at radius 3 is 2.53 bits per heavy atom. The highest BCUT2D eigenvalue weighted by Gasteiger charge is 1.98. The molecule has 0 bridgehead atoms. The zero-order valence-electron chi connectivity index (χ0n) is 10.9. The molecule has 0 radical (unpaired) electrons. The van der Waals surface area contributed by atoms with Crippen molar-refractivity contribution >= 4 is 11.8 Å². The number of rotatable bonds is 8. The molecule has 1 atom stereocenters. The van der Waals surface area contributed by atoms with Gasteiger partial charge in [0, 0.05) is 4.90 Å². The van der Waals surface area contributed by atoms with Crippen molar-refractivity contribution in [2.45, 2.75) is 24.7 Å². The molecule has 2 nitrogen and oxygen atoms in total. The van der Waals surface area contributed by atoms with Crippen LogP contribution in [-0.2, 0) is 6.42 Å². The minimum absolute atomic E-state index is 0.628. The van der Waals surface area contributed by atoms with E-state index < -0.39 is 0 Å². The zero-order chi connectivity index (χ0) is 12.5. The topological polar surface area (TPSA) is 38.0 Å². The van der Waals surface area contributed by atoms with E-state index in [4.69, 9.17) is 5.73 Å². The second kappa shape index (κ2) is 8.56. The molecule has 0 aromatic heterocycles. The van der Waals surface area contributed by atoms with Gasteiger partial charge in [0.2, 0.25) is 0 Å². The summed E-state index contributed by atoms with van der Waals surface area (Å²) in [6.45, 7) is 5.11. The van der Waals surface area contributed by atoms with Gasteiger partial charge in [0.15, 0.2) is 0 Å². The smallest absolute Gasteiger partial charge is 0.00693 e. The zero-order valence-corrected chi connectivity index (χ0v) is 11.7. The first-order chi connectivity index (χ1) is 8.26. The first-order valence-electron chi connectivity index (χ1n) is 6.30. The van der Waals surface area contributed by atoms with Crippen LogP contribution in [0.1, 0.15) is 18.9 Å². The number of hydrogen-bond acceptors (Lipinski definition) is 3.